The minimum absolute atomic E-state index is 1.23. The molecule has 0 amide bonds. The van der Waals surface area contributed by atoms with Crippen molar-refractivity contribution in [3.8, 4) is 0 Å². The first kappa shape index (κ1) is 8.47. The van der Waals surface area contributed by atoms with E-state index in [2.05, 4.69) is 21.9 Å². The van der Waals surface area contributed by atoms with Gasteiger partial charge in [-0.25, -0.2) is 0 Å². The van der Waals surface area contributed by atoms with Crippen molar-refractivity contribution in [1.29, 1.82) is 0 Å². The van der Waals surface area contributed by atoms with Crippen LogP contribution in [-0.2, 0) is 19.4 Å². The molecule has 0 radical (unpaired) electrons. The molecule has 0 fully saturated rings. The predicted molar refractivity (Wildman–Crippen MR) is 38.7 cm³/mol. The van der Waals surface area contributed by atoms with E-state index in [0.717, 1.165) is 0 Å². The molecule has 0 saturated heterocycles. The molecule has 0 aliphatic rings. The molecule has 8 heavy (non-hydrogen) atoms. The molecule has 44 valence electrons. The first-order chi connectivity index (χ1) is 3.66. The van der Waals surface area contributed by atoms with Gasteiger partial charge in [0.05, 0.1) is 0 Å². The molecule has 0 bridgehead atoms. The molecule has 0 N–H and O–H groups in total. The van der Waals surface area contributed by atoms with Crippen molar-refractivity contribution in [2.45, 2.75) is 6.92 Å². The molecule has 0 saturated carbocycles. The molecular formula is C6H9PW. The van der Waals surface area contributed by atoms with E-state index in [1.165, 1.54) is 28.6 Å². The summed E-state index contributed by atoms with van der Waals surface area (Å²) in [6, 6.07) is 0. The van der Waals surface area contributed by atoms with Gasteiger partial charge in [-0.1, -0.05) is 0 Å². The number of hydrogen-bond acceptors (Lipinski definition) is 0. The quantitative estimate of drug-likeness (QED) is 0.537. The van der Waals surface area contributed by atoms with E-state index in [1.807, 2.05) is 13.0 Å². The molecule has 1 unspecified atom stereocenters. The Hall–Kier alpha value is 0.468. The Balaban J connectivity index is 3.94. The van der Waals surface area contributed by atoms with Gasteiger partial charge in [-0.05, 0) is 0 Å². The van der Waals surface area contributed by atoms with E-state index < -0.39 is 0 Å². The van der Waals surface area contributed by atoms with Gasteiger partial charge in [0, 0.05) is 0 Å². The van der Waals surface area contributed by atoms with Crippen LogP contribution in [0.5, 0.6) is 0 Å². The molecule has 0 aromatic rings. The summed E-state index contributed by atoms with van der Waals surface area (Å²) < 4.78 is 1.32. The van der Waals surface area contributed by atoms with Crippen LogP contribution in [0.4, 0.5) is 0 Å². The predicted octanol–water partition coefficient (Wildman–Crippen LogP) is 1.67. The average molecular weight is 296 g/mol. The molecule has 0 nitrogen and oxygen atoms in total. The summed E-state index contributed by atoms with van der Waals surface area (Å²) in [5.74, 6) is 0. The summed E-state index contributed by atoms with van der Waals surface area (Å²) >= 11 is 1.49. The van der Waals surface area contributed by atoms with Crippen molar-refractivity contribution >= 4 is 12.9 Å². The maximum atomic E-state index is 3.63. The second-order valence-corrected chi connectivity index (χ2v) is 5.45. The third-order valence-electron chi connectivity index (χ3n) is 0.692. The fourth-order valence-electron chi connectivity index (χ4n) is 0.283. The summed E-state index contributed by atoms with van der Waals surface area (Å²) in [6.45, 7) is 5.67. The van der Waals surface area contributed by atoms with Crippen molar-refractivity contribution in [2.24, 2.45) is 0 Å². The molecule has 0 rings (SSSR count). The molecule has 0 aromatic carbocycles. The van der Waals surface area contributed by atoms with Crippen LogP contribution in [0, 0.1) is 0 Å². The van der Waals surface area contributed by atoms with Crippen LogP contribution >= 0.6 is 9.24 Å². The normalized spacial score (nSPS) is 11.0. The molecule has 0 aliphatic heterocycles. The van der Waals surface area contributed by atoms with Gasteiger partial charge in [0.25, 0.3) is 0 Å². The van der Waals surface area contributed by atoms with Gasteiger partial charge in [-0.3, -0.25) is 0 Å². The van der Waals surface area contributed by atoms with Gasteiger partial charge in [-0.15, -0.1) is 0 Å². The zero-order valence-corrected chi connectivity index (χ0v) is 8.94. The molecule has 0 heterocycles. The standard InChI is InChI=1S/C6H9P.W/c1-3-6(2)4-5-7;/h3-4H,1,7H2,2H3;. The third kappa shape index (κ3) is 4.62. The minimum atomic E-state index is 1.23. The van der Waals surface area contributed by atoms with Gasteiger partial charge in [0.2, 0.25) is 0 Å². The van der Waals surface area contributed by atoms with Gasteiger partial charge in [0.1, 0.15) is 0 Å². The molecule has 1 atom stereocenters. The van der Waals surface area contributed by atoms with E-state index in [-0.39, 0.29) is 0 Å². The SMILES string of the molecule is C=CC(C)=C[C](P)=[W]. The van der Waals surface area contributed by atoms with Crippen LogP contribution in [0.2, 0.25) is 0 Å². The molecular weight excluding hydrogens is 287 g/mol. The third-order valence-corrected chi connectivity index (χ3v) is 1.28. The van der Waals surface area contributed by atoms with Gasteiger partial charge in [-0.2, -0.15) is 0 Å². The van der Waals surface area contributed by atoms with E-state index in [4.69, 9.17) is 0 Å². The first-order valence-electron chi connectivity index (χ1n) is 2.27. The fourth-order valence-corrected chi connectivity index (χ4v) is 1.21. The van der Waals surface area contributed by atoms with Crippen LogP contribution in [0.1, 0.15) is 6.92 Å². The van der Waals surface area contributed by atoms with Crippen LogP contribution in [0.25, 0.3) is 0 Å². The molecule has 0 spiro atoms. The average Bonchev–Trinajstić information content (AvgIpc) is 1.65. The monoisotopic (exact) mass is 296 g/mol. The Morgan fingerprint density at radius 1 is 1.75 bits per heavy atom. The van der Waals surface area contributed by atoms with E-state index in [0.29, 0.717) is 0 Å². The zero-order valence-electron chi connectivity index (χ0n) is 4.85. The molecule has 2 heteroatoms. The second-order valence-electron chi connectivity index (χ2n) is 1.49. The van der Waals surface area contributed by atoms with Gasteiger partial charge in [0.15, 0.2) is 0 Å². The van der Waals surface area contributed by atoms with Crippen molar-refractivity contribution in [3.05, 3.63) is 24.3 Å². The van der Waals surface area contributed by atoms with Gasteiger partial charge >= 0.3 is 63.5 Å². The van der Waals surface area contributed by atoms with Crippen LogP contribution < -0.4 is 0 Å². The van der Waals surface area contributed by atoms with E-state index in [1.54, 1.807) is 0 Å². The maximum absolute atomic E-state index is 3.63. The topological polar surface area (TPSA) is 0 Å². The summed E-state index contributed by atoms with van der Waals surface area (Å²) in [7, 11) is 2.66. The van der Waals surface area contributed by atoms with Crippen LogP contribution in [0.15, 0.2) is 24.3 Å². The fraction of sp³-hybridized carbons (Fsp3) is 0.167. The van der Waals surface area contributed by atoms with E-state index in [9.17, 15) is 0 Å². The van der Waals surface area contributed by atoms with E-state index >= 15 is 0 Å². The number of allylic oxidation sites excluding steroid dienone is 3. The Kier molecular flexibility index (Phi) is 4.61. The first-order valence-corrected chi connectivity index (χ1v) is 4.31. The Labute approximate surface area is 63.7 Å². The number of rotatable bonds is 2. The van der Waals surface area contributed by atoms with Crippen molar-refractivity contribution in [2.75, 3.05) is 0 Å². The van der Waals surface area contributed by atoms with Gasteiger partial charge < -0.3 is 0 Å². The summed E-state index contributed by atoms with van der Waals surface area (Å²) in [5.41, 5.74) is 1.23. The Bertz CT molecular complexity index is 135. The zero-order chi connectivity index (χ0) is 6.57. The Morgan fingerprint density at radius 3 is 2.38 bits per heavy atom. The summed E-state index contributed by atoms with van der Waals surface area (Å²) in [6.07, 6.45) is 3.96. The Morgan fingerprint density at radius 2 is 2.25 bits per heavy atom. The number of hydrogen-bond donors (Lipinski definition) is 0. The van der Waals surface area contributed by atoms with Crippen molar-refractivity contribution < 1.29 is 19.4 Å². The summed E-state index contributed by atoms with van der Waals surface area (Å²) in [4.78, 5) is 0. The second kappa shape index (κ2) is 4.36. The van der Waals surface area contributed by atoms with Crippen molar-refractivity contribution in [3.63, 3.8) is 0 Å². The van der Waals surface area contributed by atoms with Crippen molar-refractivity contribution in [1.82, 2.24) is 0 Å². The van der Waals surface area contributed by atoms with Crippen LogP contribution in [0.3, 0.4) is 0 Å². The molecule has 0 aliphatic carbocycles. The summed E-state index contributed by atoms with van der Waals surface area (Å²) in [5, 5.41) is 0. The molecule has 0 aromatic heterocycles. The van der Waals surface area contributed by atoms with Crippen LogP contribution in [-0.4, -0.2) is 3.64 Å².